The largest absolute Gasteiger partial charge is 0.508 e. The highest BCUT2D eigenvalue weighted by Crippen LogP contribution is 2.71. The quantitative estimate of drug-likeness (QED) is 0.0391. The summed E-state index contributed by atoms with van der Waals surface area (Å²) in [6, 6.07) is -1.56. The molecule has 9 atom stereocenters. The van der Waals surface area contributed by atoms with Crippen LogP contribution in [0.2, 0.25) is 0 Å². The van der Waals surface area contributed by atoms with E-state index < -0.39 is 105 Å². The van der Waals surface area contributed by atoms with E-state index in [1.54, 1.807) is 20.8 Å². The minimum absolute atomic E-state index is 0.0178. The van der Waals surface area contributed by atoms with Crippen molar-refractivity contribution in [2.24, 2.45) is 28.6 Å². The van der Waals surface area contributed by atoms with Crippen molar-refractivity contribution >= 4 is 35.6 Å². The number of nitrogens with zero attached hydrogens (tertiary/aromatic N) is 2. The zero-order valence-corrected chi connectivity index (χ0v) is 34.2. The maximum atomic E-state index is 17.7. The molecule has 4 aliphatic rings. The minimum atomic E-state index is -2.22. The van der Waals surface area contributed by atoms with Crippen LogP contribution in [0.4, 0.5) is 9.18 Å². The van der Waals surface area contributed by atoms with Gasteiger partial charge in [0.25, 0.3) is 10.2 Å². The number of aliphatic hydroxyl groups is 1. The number of esters is 2. The summed E-state index contributed by atoms with van der Waals surface area (Å²) in [5, 5.41) is 32.9. The van der Waals surface area contributed by atoms with Gasteiger partial charge in [0.05, 0.1) is 25.9 Å². The summed E-state index contributed by atoms with van der Waals surface area (Å²) in [5.41, 5.74) is -6.27. The molecular weight excluding hydrogens is 801 g/mol. The van der Waals surface area contributed by atoms with Gasteiger partial charge in [-0.1, -0.05) is 44.9 Å². The Morgan fingerprint density at radius 1 is 0.967 bits per heavy atom. The summed E-state index contributed by atoms with van der Waals surface area (Å²) in [6.45, 7) is 4.08. The van der Waals surface area contributed by atoms with Crippen LogP contribution in [0.3, 0.4) is 0 Å². The number of nitrogens with one attached hydrogen (secondary N) is 1. The van der Waals surface area contributed by atoms with E-state index in [4.69, 9.17) is 18.9 Å². The number of ketones is 2. The van der Waals surface area contributed by atoms with Gasteiger partial charge < -0.3 is 39.0 Å². The number of Topliss-reactive ketones (excluding diaryl/α,β-unsaturated/α-hetero) is 1. The first kappa shape index (κ1) is 47.5. The van der Waals surface area contributed by atoms with Gasteiger partial charge >= 0.3 is 18.1 Å². The van der Waals surface area contributed by atoms with Crippen molar-refractivity contribution in [3.8, 4) is 0 Å². The van der Waals surface area contributed by atoms with Crippen molar-refractivity contribution in [3.05, 3.63) is 44.0 Å². The first-order valence-corrected chi connectivity index (χ1v) is 20.1. The maximum absolute atomic E-state index is 17.7. The summed E-state index contributed by atoms with van der Waals surface area (Å²) in [4.78, 5) is 107. The van der Waals surface area contributed by atoms with E-state index >= 15 is 4.39 Å². The van der Waals surface area contributed by atoms with E-state index in [1.165, 1.54) is 19.1 Å². The van der Waals surface area contributed by atoms with Gasteiger partial charge in [-0.15, -0.1) is 20.2 Å². The highest BCUT2D eigenvalue weighted by Gasteiger charge is 2.77. The average molecular weight is 856 g/mol. The van der Waals surface area contributed by atoms with Crippen molar-refractivity contribution in [1.82, 2.24) is 5.32 Å². The molecule has 4 rings (SSSR count). The Labute approximate surface area is 345 Å². The smallest absolute Gasteiger partial charge is 0.464 e. The van der Waals surface area contributed by atoms with Gasteiger partial charge in [-0.25, -0.2) is 14.0 Å². The number of aliphatic hydroxyl groups excluding tert-OH is 1. The monoisotopic (exact) mass is 855 g/mol. The second kappa shape index (κ2) is 19.9. The second-order valence-corrected chi connectivity index (χ2v) is 16.2. The molecule has 0 saturated heterocycles. The van der Waals surface area contributed by atoms with Crippen molar-refractivity contribution in [1.29, 1.82) is 0 Å². The predicted octanol–water partition coefficient (Wildman–Crippen LogP) is 3.80. The number of rotatable bonds is 22. The van der Waals surface area contributed by atoms with Crippen LogP contribution in [0.5, 0.6) is 0 Å². The molecule has 1 unspecified atom stereocenters. The van der Waals surface area contributed by atoms with Crippen LogP contribution in [0.25, 0.3) is 0 Å². The molecule has 0 aromatic rings. The standard InChI is InChI=1S/C39H54FN3O17/c1-5-33(48)60-39(24(2)19-28-27-13-12-25-20-26(44)14-15-36(25,3)38(27,40)30(45)21-37(28,39)4)31(46)23-57-35(50)56-22-29(34(49)55-16-9-10-18-59-43(53)54)41-32(47)11-7-6-8-17-58-42(51)52/h12,14-15,24,27-30,45H,5-11,13,16-23H2,1-4H3,(H,41,47)/t24-,27-,28-,29?,30-,36-,37-,38-,39-/m0/s1. The number of fused-ring (bicyclic) bond motifs is 5. The molecule has 0 aromatic heterocycles. The van der Waals surface area contributed by atoms with E-state index in [0.717, 1.165) is 0 Å². The SMILES string of the molecule is CCC(=O)O[C@]1(C(=O)COC(=O)OCC(NC(=O)CCCCCO[N+](=O)[O-])C(=O)OCCCCO[N+](=O)[O-])[C@@H](C)C[C@H]2[C@@H]3CC=C4CC(=O)C=C[C@]4(C)[C@@]3(F)[C@@H](O)C[C@@]21C. The highest BCUT2D eigenvalue weighted by atomic mass is 19.1. The van der Waals surface area contributed by atoms with E-state index in [1.807, 2.05) is 6.08 Å². The maximum Gasteiger partial charge on any atom is 0.508 e. The Morgan fingerprint density at radius 2 is 1.62 bits per heavy atom. The Hall–Kier alpha value is -5.21. The van der Waals surface area contributed by atoms with Crippen LogP contribution in [0.15, 0.2) is 23.8 Å². The molecule has 0 aliphatic heterocycles. The number of carbonyl (C=O) groups excluding carboxylic acids is 6. The number of carbonyl (C=O) groups is 6. The van der Waals surface area contributed by atoms with Crippen molar-refractivity contribution < 1.29 is 77.1 Å². The molecule has 0 heterocycles. The molecule has 0 spiro atoms. The molecule has 0 bridgehead atoms. The third kappa shape index (κ3) is 9.87. The predicted molar refractivity (Wildman–Crippen MR) is 201 cm³/mol. The number of hydrogen-bond acceptors (Lipinski definition) is 17. The number of amides is 1. The minimum Gasteiger partial charge on any atom is -0.464 e. The fraction of sp³-hybridized carbons (Fsp3) is 0.744. The highest BCUT2D eigenvalue weighted by molar-refractivity contribution is 5.94. The first-order chi connectivity index (χ1) is 28.3. The molecule has 2 fully saturated rings. The third-order valence-electron chi connectivity index (χ3n) is 12.7. The summed E-state index contributed by atoms with van der Waals surface area (Å²) in [6.07, 6.45) is 2.64. The summed E-state index contributed by atoms with van der Waals surface area (Å²) < 4.78 is 39.2. The summed E-state index contributed by atoms with van der Waals surface area (Å²) in [7, 11) is 0. The van der Waals surface area contributed by atoms with E-state index in [2.05, 4.69) is 15.0 Å². The topological polar surface area (TPSA) is 276 Å². The van der Waals surface area contributed by atoms with Crippen LogP contribution in [0, 0.1) is 48.8 Å². The van der Waals surface area contributed by atoms with Gasteiger partial charge in [-0.2, -0.15) is 0 Å². The number of halogens is 1. The third-order valence-corrected chi connectivity index (χ3v) is 12.7. The summed E-state index contributed by atoms with van der Waals surface area (Å²) in [5.74, 6) is -5.62. The van der Waals surface area contributed by atoms with Crippen LogP contribution >= 0.6 is 0 Å². The molecule has 4 aliphatic carbocycles. The second-order valence-electron chi connectivity index (χ2n) is 16.2. The molecule has 334 valence electrons. The fourth-order valence-electron chi connectivity index (χ4n) is 9.74. The van der Waals surface area contributed by atoms with Gasteiger partial charge in [-0.05, 0) is 63.9 Å². The van der Waals surface area contributed by atoms with Gasteiger partial charge in [0.15, 0.2) is 29.7 Å². The number of allylic oxidation sites excluding steroid dienone is 4. The molecule has 2 saturated carbocycles. The van der Waals surface area contributed by atoms with Crippen LogP contribution in [-0.2, 0) is 52.6 Å². The van der Waals surface area contributed by atoms with Crippen LogP contribution in [-0.4, -0.2) is 107 Å². The van der Waals surface area contributed by atoms with Gasteiger partial charge in [0.1, 0.15) is 6.61 Å². The molecular formula is C39H54FN3O17. The van der Waals surface area contributed by atoms with Crippen LogP contribution in [0.1, 0.15) is 98.3 Å². The molecule has 0 aromatic carbocycles. The van der Waals surface area contributed by atoms with Gasteiger partial charge in [0.2, 0.25) is 11.7 Å². The number of hydrogen-bond donors (Lipinski definition) is 2. The average Bonchev–Trinajstić information content (AvgIpc) is 3.40. The van der Waals surface area contributed by atoms with Crippen molar-refractivity contribution in [3.63, 3.8) is 0 Å². The van der Waals surface area contributed by atoms with Gasteiger partial charge in [-0.3, -0.25) is 19.2 Å². The zero-order valence-electron chi connectivity index (χ0n) is 34.2. The molecule has 1 amide bonds. The van der Waals surface area contributed by atoms with Crippen molar-refractivity contribution in [2.75, 3.05) is 33.0 Å². The normalized spacial score (nSPS) is 30.6. The van der Waals surface area contributed by atoms with E-state index in [9.17, 15) is 54.1 Å². The molecule has 0 radical (unpaired) electrons. The Bertz CT molecular complexity index is 1740. The van der Waals surface area contributed by atoms with Crippen LogP contribution < -0.4 is 5.32 Å². The lowest BCUT2D eigenvalue weighted by atomic mass is 9.45. The molecule has 60 heavy (non-hydrogen) atoms. The van der Waals surface area contributed by atoms with E-state index in [-0.39, 0.29) is 89.8 Å². The Morgan fingerprint density at radius 3 is 2.27 bits per heavy atom. The Balaban J connectivity index is 1.45. The molecule has 2 N–H and O–H groups in total. The first-order valence-electron chi connectivity index (χ1n) is 20.1. The van der Waals surface area contributed by atoms with Gasteiger partial charge in [0, 0.05) is 41.9 Å². The summed E-state index contributed by atoms with van der Waals surface area (Å²) >= 11 is 0. The molecule has 20 nitrogen and oxygen atoms in total. The fourth-order valence-corrected chi connectivity index (χ4v) is 9.74. The zero-order chi connectivity index (χ0) is 44.5. The Kier molecular flexibility index (Phi) is 15.7. The number of alkyl halides is 1. The lowest BCUT2D eigenvalue weighted by Crippen LogP contribution is -2.69. The lowest BCUT2D eigenvalue weighted by molar-refractivity contribution is -0.757. The van der Waals surface area contributed by atoms with Crippen molar-refractivity contribution in [2.45, 2.75) is 122 Å². The van der Waals surface area contributed by atoms with E-state index in [0.29, 0.717) is 12.0 Å². The lowest BCUT2D eigenvalue weighted by Gasteiger charge is -2.62. The molecule has 21 heteroatoms. The number of ether oxygens (including phenoxy) is 4. The number of unbranched alkanes of at least 4 members (excludes halogenated alkanes) is 3.